The molecule has 0 amide bonds. The number of hydrogen-bond acceptors (Lipinski definition) is 3. The van der Waals surface area contributed by atoms with E-state index in [1.807, 2.05) is 11.0 Å². The Balaban J connectivity index is 1.50. The predicted octanol–water partition coefficient (Wildman–Crippen LogP) is 1.72. The maximum atomic E-state index is 4.52. The third-order valence-corrected chi connectivity index (χ3v) is 3.63. The SMILES string of the molecule is c1nc(CNC2CC2)nn1CC1CCCC1. The Hall–Kier alpha value is -0.900. The van der Waals surface area contributed by atoms with Gasteiger partial charge in [0.1, 0.15) is 6.33 Å². The summed E-state index contributed by atoms with van der Waals surface area (Å²) in [7, 11) is 0. The largest absolute Gasteiger partial charge is 0.307 e. The van der Waals surface area contributed by atoms with Crippen LogP contribution in [0.3, 0.4) is 0 Å². The van der Waals surface area contributed by atoms with Crippen LogP contribution < -0.4 is 5.32 Å². The molecule has 3 rings (SSSR count). The van der Waals surface area contributed by atoms with Crippen molar-refractivity contribution in [3.63, 3.8) is 0 Å². The molecule has 4 nitrogen and oxygen atoms in total. The van der Waals surface area contributed by atoms with Crippen molar-refractivity contribution in [3.05, 3.63) is 12.2 Å². The van der Waals surface area contributed by atoms with Gasteiger partial charge in [0.15, 0.2) is 5.82 Å². The summed E-state index contributed by atoms with van der Waals surface area (Å²) in [6.45, 7) is 1.90. The number of hydrogen-bond donors (Lipinski definition) is 1. The molecule has 0 spiro atoms. The lowest BCUT2D eigenvalue weighted by molar-refractivity contribution is 0.425. The zero-order valence-electron chi connectivity index (χ0n) is 9.73. The van der Waals surface area contributed by atoms with Crippen LogP contribution in [-0.2, 0) is 13.1 Å². The Morgan fingerprint density at radius 3 is 2.81 bits per heavy atom. The molecule has 2 aliphatic rings. The van der Waals surface area contributed by atoms with E-state index in [0.717, 1.165) is 30.9 Å². The van der Waals surface area contributed by atoms with Crippen molar-refractivity contribution in [2.45, 2.75) is 57.7 Å². The molecule has 1 N–H and O–H groups in total. The standard InChI is InChI=1S/C12H20N4/c1-2-4-10(3-1)8-16-9-14-12(15-16)7-13-11-5-6-11/h9-11,13H,1-8H2. The first-order valence-electron chi connectivity index (χ1n) is 6.52. The summed E-state index contributed by atoms with van der Waals surface area (Å²) in [5.74, 6) is 1.79. The van der Waals surface area contributed by atoms with E-state index in [9.17, 15) is 0 Å². The van der Waals surface area contributed by atoms with Crippen LogP contribution in [0.5, 0.6) is 0 Å². The van der Waals surface area contributed by atoms with Crippen LogP contribution in [0.1, 0.15) is 44.3 Å². The topological polar surface area (TPSA) is 42.7 Å². The molecule has 2 saturated carbocycles. The molecule has 0 aromatic carbocycles. The molecule has 0 atom stereocenters. The summed E-state index contributed by atoms with van der Waals surface area (Å²) in [5.41, 5.74) is 0. The summed E-state index contributed by atoms with van der Waals surface area (Å²) in [6, 6.07) is 0.738. The van der Waals surface area contributed by atoms with Crippen LogP contribution >= 0.6 is 0 Å². The van der Waals surface area contributed by atoms with Gasteiger partial charge in [0, 0.05) is 12.6 Å². The smallest absolute Gasteiger partial charge is 0.164 e. The van der Waals surface area contributed by atoms with Gasteiger partial charge in [0.2, 0.25) is 0 Å². The van der Waals surface area contributed by atoms with Gasteiger partial charge >= 0.3 is 0 Å². The molecule has 0 radical (unpaired) electrons. The van der Waals surface area contributed by atoms with E-state index in [0.29, 0.717) is 0 Å². The fraction of sp³-hybridized carbons (Fsp3) is 0.833. The second-order valence-electron chi connectivity index (χ2n) is 5.19. The molecule has 88 valence electrons. The zero-order chi connectivity index (χ0) is 10.8. The van der Waals surface area contributed by atoms with Crippen LogP contribution in [0, 0.1) is 5.92 Å². The molecule has 0 aliphatic heterocycles. The van der Waals surface area contributed by atoms with Crippen molar-refractivity contribution in [1.82, 2.24) is 20.1 Å². The molecule has 1 aromatic rings. The first-order chi connectivity index (χ1) is 7.90. The quantitative estimate of drug-likeness (QED) is 0.821. The third kappa shape index (κ3) is 2.61. The lowest BCUT2D eigenvalue weighted by Crippen LogP contribution is -2.16. The molecule has 2 aliphatic carbocycles. The molecule has 0 saturated heterocycles. The third-order valence-electron chi connectivity index (χ3n) is 3.63. The van der Waals surface area contributed by atoms with Crippen molar-refractivity contribution in [3.8, 4) is 0 Å². The van der Waals surface area contributed by atoms with Gasteiger partial charge in [-0.25, -0.2) is 4.98 Å². The van der Waals surface area contributed by atoms with Crippen LogP contribution in [0.4, 0.5) is 0 Å². The Morgan fingerprint density at radius 2 is 2.06 bits per heavy atom. The van der Waals surface area contributed by atoms with E-state index < -0.39 is 0 Å². The van der Waals surface area contributed by atoms with Crippen molar-refractivity contribution < 1.29 is 0 Å². The van der Waals surface area contributed by atoms with E-state index in [1.165, 1.54) is 38.5 Å². The van der Waals surface area contributed by atoms with Crippen molar-refractivity contribution in [2.24, 2.45) is 5.92 Å². The van der Waals surface area contributed by atoms with Gasteiger partial charge in [-0.15, -0.1) is 0 Å². The van der Waals surface area contributed by atoms with Crippen molar-refractivity contribution in [2.75, 3.05) is 0 Å². The lowest BCUT2D eigenvalue weighted by Gasteiger charge is -2.07. The summed E-state index contributed by atoms with van der Waals surface area (Å²) < 4.78 is 2.03. The number of rotatable bonds is 5. The van der Waals surface area contributed by atoms with Gasteiger partial charge < -0.3 is 5.32 Å². The average molecular weight is 220 g/mol. The summed E-state index contributed by atoms with van der Waals surface area (Å²) >= 11 is 0. The molecule has 0 unspecified atom stereocenters. The monoisotopic (exact) mass is 220 g/mol. The zero-order valence-corrected chi connectivity index (χ0v) is 9.73. The fourth-order valence-electron chi connectivity index (χ4n) is 2.48. The van der Waals surface area contributed by atoms with Crippen LogP contribution in [0.25, 0.3) is 0 Å². The van der Waals surface area contributed by atoms with Crippen LogP contribution in [-0.4, -0.2) is 20.8 Å². The van der Waals surface area contributed by atoms with Gasteiger partial charge in [-0.3, -0.25) is 4.68 Å². The maximum absolute atomic E-state index is 4.52. The summed E-state index contributed by atoms with van der Waals surface area (Å²) in [5, 5.41) is 7.96. The summed E-state index contributed by atoms with van der Waals surface area (Å²) in [4.78, 5) is 4.35. The molecule has 16 heavy (non-hydrogen) atoms. The molecular weight excluding hydrogens is 200 g/mol. The van der Waals surface area contributed by atoms with E-state index in [4.69, 9.17) is 0 Å². The van der Waals surface area contributed by atoms with Gasteiger partial charge in [-0.05, 0) is 31.6 Å². The second kappa shape index (κ2) is 4.53. The Labute approximate surface area is 96.4 Å². The Kier molecular flexibility index (Phi) is 2.91. The van der Waals surface area contributed by atoms with Crippen molar-refractivity contribution in [1.29, 1.82) is 0 Å². The van der Waals surface area contributed by atoms with E-state index in [-0.39, 0.29) is 0 Å². The molecular formula is C12H20N4. The minimum atomic E-state index is 0.738. The van der Waals surface area contributed by atoms with E-state index >= 15 is 0 Å². The van der Waals surface area contributed by atoms with Crippen LogP contribution in [0.15, 0.2) is 6.33 Å². The molecule has 1 aromatic heterocycles. The number of nitrogens with one attached hydrogen (secondary N) is 1. The van der Waals surface area contributed by atoms with Crippen molar-refractivity contribution >= 4 is 0 Å². The Bertz CT molecular complexity index is 337. The van der Waals surface area contributed by atoms with Gasteiger partial charge in [0.05, 0.1) is 6.54 Å². The Morgan fingerprint density at radius 1 is 1.25 bits per heavy atom. The highest BCUT2D eigenvalue weighted by molar-refractivity contribution is 4.87. The fourth-order valence-corrected chi connectivity index (χ4v) is 2.48. The van der Waals surface area contributed by atoms with Gasteiger partial charge in [-0.1, -0.05) is 12.8 Å². The summed E-state index contributed by atoms with van der Waals surface area (Å²) in [6.07, 6.45) is 10.1. The first-order valence-corrected chi connectivity index (χ1v) is 6.52. The number of aromatic nitrogens is 3. The predicted molar refractivity (Wildman–Crippen MR) is 61.8 cm³/mol. The highest BCUT2D eigenvalue weighted by Crippen LogP contribution is 2.25. The average Bonchev–Trinajstić information content (AvgIpc) is 2.78. The molecule has 2 fully saturated rings. The number of nitrogens with zero attached hydrogens (tertiary/aromatic N) is 3. The minimum absolute atomic E-state index is 0.738. The highest BCUT2D eigenvalue weighted by atomic mass is 15.3. The lowest BCUT2D eigenvalue weighted by atomic mass is 10.1. The van der Waals surface area contributed by atoms with E-state index in [1.54, 1.807) is 0 Å². The first kappa shape index (κ1) is 10.3. The van der Waals surface area contributed by atoms with Crippen LogP contribution in [0.2, 0.25) is 0 Å². The highest BCUT2D eigenvalue weighted by Gasteiger charge is 2.21. The second-order valence-corrected chi connectivity index (χ2v) is 5.19. The minimum Gasteiger partial charge on any atom is -0.307 e. The van der Waals surface area contributed by atoms with Gasteiger partial charge in [-0.2, -0.15) is 5.10 Å². The molecule has 0 bridgehead atoms. The molecule has 4 heteroatoms. The van der Waals surface area contributed by atoms with Gasteiger partial charge in [0.25, 0.3) is 0 Å². The maximum Gasteiger partial charge on any atom is 0.164 e. The normalized spacial score (nSPS) is 21.8. The molecule has 1 heterocycles. The van der Waals surface area contributed by atoms with E-state index in [2.05, 4.69) is 15.4 Å².